The zero-order chi connectivity index (χ0) is 14.8. The van der Waals surface area contributed by atoms with Crippen molar-refractivity contribution in [1.29, 1.82) is 5.26 Å². The number of ether oxygens (including phenoxy) is 1. The standard InChI is InChI=1S/C15H15N3O2S/c1-2-20-15(19)10(7-16)13-12-9-5-3-4-6-11(9)21-14(12)18-8-17-13/h8,10H,2-6H2,1H3. The number of hydrogen-bond donors (Lipinski definition) is 0. The molecular weight excluding hydrogens is 286 g/mol. The molecule has 1 atom stereocenters. The van der Waals surface area contributed by atoms with Gasteiger partial charge in [0.2, 0.25) is 0 Å². The van der Waals surface area contributed by atoms with Crippen molar-refractivity contribution in [1.82, 2.24) is 9.97 Å². The molecule has 6 heteroatoms. The molecule has 0 saturated heterocycles. The Morgan fingerprint density at radius 2 is 2.29 bits per heavy atom. The lowest BCUT2D eigenvalue weighted by Crippen LogP contribution is -2.16. The smallest absolute Gasteiger partial charge is 0.329 e. The predicted octanol–water partition coefficient (Wildman–Crippen LogP) is 2.74. The summed E-state index contributed by atoms with van der Waals surface area (Å²) in [4.78, 5) is 22.7. The maximum absolute atomic E-state index is 12.0. The minimum absolute atomic E-state index is 0.257. The summed E-state index contributed by atoms with van der Waals surface area (Å²) in [6, 6.07) is 2.03. The number of aryl methyl sites for hydroxylation is 2. The summed E-state index contributed by atoms with van der Waals surface area (Å²) in [5.41, 5.74) is 1.72. The average Bonchev–Trinajstić information content (AvgIpc) is 2.87. The van der Waals surface area contributed by atoms with Gasteiger partial charge in [-0.15, -0.1) is 11.3 Å². The fourth-order valence-corrected chi connectivity index (χ4v) is 4.02. The van der Waals surface area contributed by atoms with E-state index in [1.807, 2.05) is 6.07 Å². The Labute approximate surface area is 126 Å². The highest BCUT2D eigenvalue weighted by Crippen LogP contribution is 2.38. The van der Waals surface area contributed by atoms with Gasteiger partial charge in [0.05, 0.1) is 18.4 Å². The number of aromatic nitrogens is 2. The average molecular weight is 301 g/mol. The molecule has 0 radical (unpaired) electrons. The molecule has 2 aromatic rings. The van der Waals surface area contributed by atoms with Crippen molar-refractivity contribution in [3.8, 4) is 6.07 Å². The topological polar surface area (TPSA) is 75.9 Å². The van der Waals surface area contributed by atoms with E-state index in [0.717, 1.165) is 29.5 Å². The lowest BCUT2D eigenvalue weighted by molar-refractivity contribution is -0.143. The number of thiophene rings is 1. The molecule has 2 aromatic heterocycles. The molecule has 1 aliphatic rings. The van der Waals surface area contributed by atoms with E-state index in [-0.39, 0.29) is 6.61 Å². The van der Waals surface area contributed by atoms with Gasteiger partial charge in [-0.2, -0.15) is 5.26 Å². The molecule has 0 aliphatic heterocycles. The Bertz CT molecular complexity index is 732. The van der Waals surface area contributed by atoms with Crippen LogP contribution in [0.5, 0.6) is 0 Å². The van der Waals surface area contributed by atoms with Crippen LogP contribution < -0.4 is 0 Å². The Kier molecular flexibility index (Phi) is 3.84. The third kappa shape index (κ3) is 2.38. The van der Waals surface area contributed by atoms with E-state index in [2.05, 4.69) is 9.97 Å². The van der Waals surface area contributed by atoms with Crippen LogP contribution in [0.15, 0.2) is 6.33 Å². The largest absolute Gasteiger partial charge is 0.465 e. The summed E-state index contributed by atoms with van der Waals surface area (Å²) < 4.78 is 5.00. The van der Waals surface area contributed by atoms with Gasteiger partial charge in [0.25, 0.3) is 0 Å². The van der Waals surface area contributed by atoms with Gasteiger partial charge in [-0.05, 0) is 38.2 Å². The van der Waals surface area contributed by atoms with Crippen LogP contribution in [0.1, 0.15) is 41.8 Å². The highest BCUT2D eigenvalue weighted by molar-refractivity contribution is 7.18. The minimum atomic E-state index is -0.976. The molecule has 108 valence electrons. The summed E-state index contributed by atoms with van der Waals surface area (Å²) in [7, 11) is 0. The van der Waals surface area contributed by atoms with Crippen LogP contribution in [0.25, 0.3) is 10.2 Å². The van der Waals surface area contributed by atoms with E-state index in [1.54, 1.807) is 18.3 Å². The number of nitriles is 1. The van der Waals surface area contributed by atoms with Crippen LogP contribution in [0.3, 0.4) is 0 Å². The van der Waals surface area contributed by atoms with Crippen molar-refractivity contribution in [3.05, 3.63) is 22.5 Å². The van der Waals surface area contributed by atoms with Gasteiger partial charge in [0.15, 0.2) is 5.92 Å². The third-order valence-electron chi connectivity index (χ3n) is 3.71. The van der Waals surface area contributed by atoms with Gasteiger partial charge < -0.3 is 4.74 Å². The van der Waals surface area contributed by atoms with Gasteiger partial charge in [0, 0.05) is 10.3 Å². The first-order chi connectivity index (χ1) is 10.3. The Balaban J connectivity index is 2.16. The molecular formula is C15H15N3O2S. The van der Waals surface area contributed by atoms with E-state index in [4.69, 9.17) is 4.74 Å². The second-order valence-corrected chi connectivity index (χ2v) is 6.05. The first-order valence-corrected chi connectivity index (χ1v) is 7.89. The Morgan fingerprint density at radius 1 is 1.48 bits per heavy atom. The number of rotatable bonds is 3. The van der Waals surface area contributed by atoms with Crippen molar-refractivity contribution in [2.24, 2.45) is 0 Å². The summed E-state index contributed by atoms with van der Waals surface area (Å²) in [6.07, 6.45) is 5.76. The van der Waals surface area contributed by atoms with Crippen LogP contribution in [0.4, 0.5) is 0 Å². The van der Waals surface area contributed by atoms with Crippen molar-refractivity contribution in [3.63, 3.8) is 0 Å². The summed E-state index contributed by atoms with van der Waals surface area (Å²) >= 11 is 1.65. The van der Waals surface area contributed by atoms with E-state index in [1.165, 1.54) is 23.2 Å². The first-order valence-electron chi connectivity index (χ1n) is 7.07. The predicted molar refractivity (Wildman–Crippen MR) is 79.0 cm³/mol. The summed E-state index contributed by atoms with van der Waals surface area (Å²) in [5.74, 6) is -1.51. The zero-order valence-electron chi connectivity index (χ0n) is 11.8. The van der Waals surface area contributed by atoms with Gasteiger partial charge in [-0.1, -0.05) is 0 Å². The first kappa shape index (κ1) is 14.0. The van der Waals surface area contributed by atoms with E-state index in [0.29, 0.717) is 5.69 Å². The maximum atomic E-state index is 12.0. The summed E-state index contributed by atoms with van der Waals surface area (Å²) in [6.45, 7) is 1.99. The highest BCUT2D eigenvalue weighted by atomic mass is 32.1. The quantitative estimate of drug-likeness (QED) is 0.815. The monoisotopic (exact) mass is 301 g/mol. The molecule has 0 spiro atoms. The fraction of sp³-hybridized carbons (Fsp3) is 0.467. The molecule has 2 heterocycles. The van der Waals surface area contributed by atoms with Crippen molar-refractivity contribution < 1.29 is 9.53 Å². The number of carbonyl (C=O) groups excluding carboxylic acids is 1. The SMILES string of the molecule is CCOC(=O)C(C#N)c1ncnc2sc3c(c12)CCCC3. The molecule has 0 saturated carbocycles. The third-order valence-corrected chi connectivity index (χ3v) is 4.91. The molecule has 1 aliphatic carbocycles. The van der Waals surface area contributed by atoms with Crippen LogP contribution in [0, 0.1) is 11.3 Å². The number of esters is 1. The van der Waals surface area contributed by atoms with Gasteiger partial charge in [0.1, 0.15) is 11.2 Å². The Morgan fingerprint density at radius 3 is 3.05 bits per heavy atom. The number of fused-ring (bicyclic) bond motifs is 3. The molecule has 0 N–H and O–H groups in total. The summed E-state index contributed by atoms with van der Waals surface area (Å²) in [5, 5.41) is 10.3. The highest BCUT2D eigenvalue weighted by Gasteiger charge is 2.29. The second kappa shape index (κ2) is 5.78. The lowest BCUT2D eigenvalue weighted by atomic mass is 9.93. The van der Waals surface area contributed by atoms with E-state index in [9.17, 15) is 10.1 Å². The lowest BCUT2D eigenvalue weighted by Gasteiger charge is -2.13. The van der Waals surface area contributed by atoms with Gasteiger partial charge >= 0.3 is 5.97 Å². The number of nitrogens with zero attached hydrogens (tertiary/aromatic N) is 3. The van der Waals surface area contributed by atoms with Crippen LogP contribution in [-0.4, -0.2) is 22.5 Å². The Hall–Kier alpha value is -2.00. The fourth-order valence-electron chi connectivity index (χ4n) is 2.78. The van der Waals surface area contributed by atoms with Gasteiger partial charge in [-0.3, -0.25) is 4.79 Å². The molecule has 3 rings (SSSR count). The molecule has 1 unspecified atom stereocenters. The van der Waals surface area contributed by atoms with Crippen molar-refractivity contribution in [2.75, 3.05) is 6.61 Å². The normalized spacial score (nSPS) is 15.2. The minimum Gasteiger partial charge on any atom is -0.465 e. The van der Waals surface area contributed by atoms with Gasteiger partial charge in [-0.25, -0.2) is 9.97 Å². The molecule has 5 nitrogen and oxygen atoms in total. The molecule has 0 amide bonds. The molecule has 21 heavy (non-hydrogen) atoms. The van der Waals surface area contributed by atoms with Crippen molar-refractivity contribution >= 4 is 27.5 Å². The van der Waals surface area contributed by atoms with Crippen molar-refractivity contribution in [2.45, 2.75) is 38.5 Å². The van der Waals surface area contributed by atoms with E-state index < -0.39 is 11.9 Å². The van der Waals surface area contributed by atoms with Crippen LogP contribution in [0.2, 0.25) is 0 Å². The molecule has 0 bridgehead atoms. The second-order valence-electron chi connectivity index (χ2n) is 4.96. The van der Waals surface area contributed by atoms with E-state index >= 15 is 0 Å². The number of carbonyl (C=O) groups is 1. The van der Waals surface area contributed by atoms with Crippen LogP contribution >= 0.6 is 11.3 Å². The zero-order valence-corrected chi connectivity index (χ0v) is 12.6. The molecule has 0 aromatic carbocycles. The maximum Gasteiger partial charge on any atom is 0.329 e. The van der Waals surface area contributed by atoms with Crippen LogP contribution in [-0.2, 0) is 22.4 Å². The molecule has 0 fully saturated rings. The number of hydrogen-bond acceptors (Lipinski definition) is 6.